The fourth-order valence-electron chi connectivity index (χ4n) is 4.01. The number of phosphoric acid groups is 2. The van der Waals surface area contributed by atoms with Gasteiger partial charge in [0.25, 0.3) is 0 Å². The third kappa shape index (κ3) is 6.35. The Kier molecular flexibility index (Phi) is 9.25. The molecule has 0 aromatic carbocycles. The van der Waals surface area contributed by atoms with E-state index in [2.05, 4.69) is 28.3 Å². The summed E-state index contributed by atoms with van der Waals surface area (Å²) >= 11 is 0. The number of rotatable bonds is 10. The summed E-state index contributed by atoms with van der Waals surface area (Å²) < 4.78 is 49.6. The molecule has 40 heavy (non-hydrogen) atoms. The Bertz CT molecular complexity index is 1290. The van der Waals surface area contributed by atoms with E-state index in [1.165, 1.54) is 10.9 Å². The van der Waals surface area contributed by atoms with Crippen LogP contribution >= 0.6 is 15.6 Å². The molecule has 12 atom stereocenters. The second-order valence-corrected chi connectivity index (χ2v) is 11.7. The number of imidazole rings is 1. The van der Waals surface area contributed by atoms with Gasteiger partial charge in [-0.15, -0.1) is 0 Å². The molecule has 0 saturated carbocycles. The molecule has 2 saturated heterocycles. The van der Waals surface area contributed by atoms with Crippen LogP contribution in [0.5, 0.6) is 0 Å². The van der Waals surface area contributed by atoms with E-state index in [4.69, 9.17) is 20.3 Å². The van der Waals surface area contributed by atoms with E-state index in [-0.39, 0.29) is 17.0 Å². The quantitative estimate of drug-likeness (QED) is 0.112. The minimum Gasteiger partial charge on any atom is -0.394 e. The first-order valence-electron chi connectivity index (χ1n) is 11.3. The zero-order valence-electron chi connectivity index (χ0n) is 20.0. The molecule has 4 rings (SSSR count). The van der Waals surface area contributed by atoms with Crippen molar-refractivity contribution in [2.45, 2.75) is 61.3 Å². The van der Waals surface area contributed by atoms with Crippen molar-refractivity contribution in [1.82, 2.24) is 19.5 Å². The molecular formula is C17H27N5O16P2. The number of ether oxygens (including phenoxy) is 2. The maximum absolute atomic E-state index is 12.3. The molecule has 0 aliphatic carbocycles. The Morgan fingerprint density at radius 3 is 2.35 bits per heavy atom. The molecule has 2 aromatic rings. The predicted molar refractivity (Wildman–Crippen MR) is 123 cm³/mol. The Morgan fingerprint density at radius 2 is 1.68 bits per heavy atom. The molecular weight excluding hydrogens is 592 g/mol. The maximum Gasteiger partial charge on any atom is 0.483 e. The second-order valence-electron chi connectivity index (χ2n) is 8.74. The van der Waals surface area contributed by atoms with Gasteiger partial charge in [-0.2, -0.15) is 4.31 Å². The van der Waals surface area contributed by atoms with E-state index in [1.807, 2.05) is 0 Å². The van der Waals surface area contributed by atoms with E-state index >= 15 is 0 Å². The molecule has 11 unspecified atom stereocenters. The summed E-state index contributed by atoms with van der Waals surface area (Å²) in [4.78, 5) is 31.6. The van der Waals surface area contributed by atoms with Crippen molar-refractivity contribution in [1.29, 1.82) is 0 Å². The topological polar surface area (TPSA) is 332 Å². The first kappa shape index (κ1) is 31.2. The van der Waals surface area contributed by atoms with Gasteiger partial charge in [0.2, 0.25) is 0 Å². The average molecular weight is 619 g/mol. The summed E-state index contributed by atoms with van der Waals surface area (Å²) in [6, 6.07) is 0. The van der Waals surface area contributed by atoms with Crippen molar-refractivity contribution in [2.75, 3.05) is 18.9 Å². The average Bonchev–Trinajstić information content (AvgIpc) is 3.43. The molecule has 11 N–H and O–H groups in total. The Hall–Kier alpha value is -1.75. The molecule has 0 spiro atoms. The first-order valence-corrected chi connectivity index (χ1v) is 14.3. The first-order chi connectivity index (χ1) is 18.7. The van der Waals surface area contributed by atoms with Crippen LogP contribution in [0.1, 0.15) is 6.23 Å². The summed E-state index contributed by atoms with van der Waals surface area (Å²) in [5.74, 6) is 0.0302. The molecule has 226 valence electrons. The molecule has 0 amide bonds. The molecule has 0 radical (unpaired) electrons. The van der Waals surface area contributed by atoms with Gasteiger partial charge in [0.15, 0.2) is 24.0 Å². The van der Waals surface area contributed by atoms with Crippen LogP contribution < -0.4 is 5.73 Å². The molecule has 4 heterocycles. The van der Waals surface area contributed by atoms with Gasteiger partial charge in [-0.3, -0.25) is 13.6 Å². The van der Waals surface area contributed by atoms with E-state index in [0.717, 1.165) is 6.33 Å². The highest BCUT2D eigenvalue weighted by Crippen LogP contribution is 2.61. The Balaban J connectivity index is 1.38. The number of hydrogen-bond acceptors (Lipinski definition) is 18. The van der Waals surface area contributed by atoms with Crippen molar-refractivity contribution in [2.24, 2.45) is 0 Å². The van der Waals surface area contributed by atoms with Crippen molar-refractivity contribution in [3.05, 3.63) is 12.7 Å². The fourth-order valence-corrected chi connectivity index (χ4v) is 6.17. The lowest BCUT2D eigenvalue weighted by Crippen LogP contribution is -2.61. The highest BCUT2D eigenvalue weighted by Gasteiger charge is 2.51. The van der Waals surface area contributed by atoms with Gasteiger partial charge in [-0.1, -0.05) is 0 Å². The standard InChI is InChI=1S/C17H27N5O16P2/c18-14-7-15(20-3-19-14)22(4-21-7)16-11(28)8(25)6(35-16)2-34-39(30,31)38-40(32,33)37-17-12(29)9(26)10(27)13(36-17)5(24)1-23/h3-6,8-13,16-17,23-29H,1-2H2,(H,30,31)(H,32,33)(H2,18,19,20)/t5-,6?,8?,9?,10?,11?,12?,13?,16?,17?/m1/s1. The van der Waals surface area contributed by atoms with Gasteiger partial charge in [0.1, 0.15) is 60.7 Å². The minimum absolute atomic E-state index is 0.0302. The zero-order valence-corrected chi connectivity index (χ0v) is 21.8. The summed E-state index contributed by atoms with van der Waals surface area (Å²) in [6.07, 6.45) is -16.0. The van der Waals surface area contributed by atoms with Crippen LogP contribution in [-0.4, -0.2) is 133 Å². The minimum atomic E-state index is -5.65. The van der Waals surface area contributed by atoms with Crippen LogP contribution in [0.2, 0.25) is 0 Å². The van der Waals surface area contributed by atoms with Gasteiger partial charge in [-0.05, 0) is 0 Å². The van der Waals surface area contributed by atoms with Gasteiger partial charge in [0, 0.05) is 0 Å². The van der Waals surface area contributed by atoms with E-state index in [9.17, 15) is 49.6 Å². The van der Waals surface area contributed by atoms with Crippen LogP contribution in [0.3, 0.4) is 0 Å². The number of aliphatic hydroxyl groups is 7. The third-order valence-electron chi connectivity index (χ3n) is 6.02. The van der Waals surface area contributed by atoms with Crippen LogP contribution in [-0.2, 0) is 32.0 Å². The lowest BCUT2D eigenvalue weighted by Gasteiger charge is -2.41. The number of aromatic nitrogens is 4. The van der Waals surface area contributed by atoms with Crippen LogP contribution in [0.25, 0.3) is 11.2 Å². The maximum atomic E-state index is 12.3. The fraction of sp³-hybridized carbons (Fsp3) is 0.706. The number of fused-ring (bicyclic) bond motifs is 1. The number of aliphatic hydroxyl groups excluding tert-OH is 7. The monoisotopic (exact) mass is 619 g/mol. The molecule has 0 bridgehead atoms. The number of nitrogen functional groups attached to an aromatic ring is 1. The summed E-state index contributed by atoms with van der Waals surface area (Å²) in [5.41, 5.74) is 6.03. The SMILES string of the molecule is Nc1ncnc2c1ncn2C1OC(COP(=O)(O)OP(=O)(O)OC2OC([C@H](O)CO)C(O)C(O)C2O)C(O)C1O. The molecule has 2 aromatic heterocycles. The molecule has 2 fully saturated rings. The largest absolute Gasteiger partial charge is 0.483 e. The van der Waals surface area contributed by atoms with Gasteiger partial charge >= 0.3 is 15.6 Å². The summed E-state index contributed by atoms with van der Waals surface area (Å²) in [5, 5.41) is 69.3. The Labute approximate surface area is 223 Å². The van der Waals surface area contributed by atoms with E-state index < -0.39 is 90.2 Å². The summed E-state index contributed by atoms with van der Waals surface area (Å²) in [6.45, 7) is -1.95. The lowest BCUT2D eigenvalue weighted by atomic mass is 9.96. The highest BCUT2D eigenvalue weighted by molar-refractivity contribution is 7.61. The highest BCUT2D eigenvalue weighted by atomic mass is 31.3. The summed E-state index contributed by atoms with van der Waals surface area (Å²) in [7, 11) is -11.2. The zero-order chi connectivity index (χ0) is 29.6. The van der Waals surface area contributed by atoms with Crippen molar-refractivity contribution in [3.8, 4) is 0 Å². The van der Waals surface area contributed by atoms with Crippen molar-refractivity contribution >= 4 is 32.6 Å². The normalized spacial score (nSPS) is 36.8. The van der Waals surface area contributed by atoms with Gasteiger partial charge in [-0.25, -0.2) is 24.1 Å². The Morgan fingerprint density at radius 1 is 0.975 bits per heavy atom. The van der Waals surface area contributed by atoms with Crippen LogP contribution in [0, 0.1) is 0 Å². The van der Waals surface area contributed by atoms with E-state index in [1.54, 1.807) is 0 Å². The number of anilines is 1. The lowest BCUT2D eigenvalue weighted by molar-refractivity contribution is -0.292. The number of phosphoric ester groups is 2. The number of hydrogen-bond donors (Lipinski definition) is 10. The van der Waals surface area contributed by atoms with E-state index in [0.29, 0.717) is 0 Å². The van der Waals surface area contributed by atoms with Gasteiger partial charge in [0.05, 0.1) is 19.5 Å². The van der Waals surface area contributed by atoms with Crippen molar-refractivity contribution in [3.63, 3.8) is 0 Å². The predicted octanol–water partition coefficient (Wildman–Crippen LogP) is -4.56. The molecule has 21 nitrogen and oxygen atoms in total. The molecule has 2 aliphatic rings. The third-order valence-corrected chi connectivity index (χ3v) is 8.62. The van der Waals surface area contributed by atoms with Crippen molar-refractivity contribution < 1.29 is 77.5 Å². The molecule has 23 heteroatoms. The second kappa shape index (κ2) is 11.9. The van der Waals surface area contributed by atoms with Gasteiger partial charge < -0.3 is 60.7 Å². The number of nitrogens with two attached hydrogens (primary N) is 1. The van der Waals surface area contributed by atoms with Crippen LogP contribution in [0.4, 0.5) is 5.82 Å². The molecule has 2 aliphatic heterocycles. The smallest absolute Gasteiger partial charge is 0.394 e. The van der Waals surface area contributed by atoms with Crippen LogP contribution in [0.15, 0.2) is 12.7 Å². The number of nitrogens with zero attached hydrogens (tertiary/aromatic N) is 4.